The summed E-state index contributed by atoms with van der Waals surface area (Å²) in [4.78, 5) is 0. The van der Waals surface area contributed by atoms with Crippen LogP contribution in [0.4, 0.5) is 0 Å². The van der Waals surface area contributed by atoms with E-state index < -0.39 is 0 Å². The summed E-state index contributed by atoms with van der Waals surface area (Å²) >= 11 is 0. The first kappa shape index (κ1) is 11.2. The second-order valence-electron chi connectivity index (χ2n) is 4.52. The van der Waals surface area contributed by atoms with Gasteiger partial charge in [-0.1, -0.05) is 45.0 Å². The molecule has 1 aromatic rings. The predicted molar refractivity (Wildman–Crippen MR) is 59.4 cm³/mol. The molecule has 1 unspecified atom stereocenters. The largest absolute Gasteiger partial charge is 0.311 e. The summed E-state index contributed by atoms with van der Waals surface area (Å²) < 4.78 is 0. The highest BCUT2D eigenvalue weighted by Crippen LogP contribution is 2.22. The molecule has 0 saturated heterocycles. The Morgan fingerprint density at radius 2 is 1.64 bits per heavy atom. The summed E-state index contributed by atoms with van der Waals surface area (Å²) in [5.74, 6) is 5.25. The minimum absolute atomic E-state index is 0.179. The molecule has 0 saturated carbocycles. The van der Waals surface area contributed by atoms with E-state index in [2.05, 4.69) is 38.3 Å². The highest BCUT2D eigenvalue weighted by molar-refractivity contribution is 5.28. The van der Waals surface area contributed by atoms with Crippen LogP contribution in [0.1, 0.15) is 38.1 Å². The Hall–Kier alpha value is -0.900. The molecule has 0 heterocycles. The quantitative estimate of drug-likeness (QED) is 0.378. The van der Waals surface area contributed by atoms with Crippen LogP contribution in [0, 0.1) is 0 Å². The van der Waals surface area contributed by atoms with Crippen molar-refractivity contribution in [2.24, 2.45) is 11.6 Å². The summed E-state index contributed by atoms with van der Waals surface area (Å²) in [6.45, 7) is 6.55. The molecular formula is C11H19N3. The fraction of sp³-hybridized carbons (Fsp3) is 0.455. The van der Waals surface area contributed by atoms with Gasteiger partial charge in [-0.05, 0) is 16.5 Å². The monoisotopic (exact) mass is 193 g/mol. The summed E-state index contributed by atoms with van der Waals surface area (Å²) in [5, 5.41) is 0. The lowest BCUT2D eigenvalue weighted by Gasteiger charge is -2.20. The molecule has 0 amide bonds. The van der Waals surface area contributed by atoms with Gasteiger partial charge in [0.05, 0.1) is 6.17 Å². The molecule has 0 bridgehead atoms. The number of nitrogens with two attached hydrogens (primary N) is 2. The van der Waals surface area contributed by atoms with E-state index >= 15 is 0 Å². The lowest BCUT2D eigenvalue weighted by atomic mass is 9.86. The van der Waals surface area contributed by atoms with Crippen molar-refractivity contribution in [2.45, 2.75) is 32.4 Å². The molecule has 1 aromatic carbocycles. The van der Waals surface area contributed by atoms with E-state index in [0.29, 0.717) is 0 Å². The van der Waals surface area contributed by atoms with Gasteiger partial charge in [0.15, 0.2) is 0 Å². The molecule has 0 aliphatic carbocycles. The maximum atomic E-state index is 5.72. The normalized spacial score (nSPS) is 14.1. The van der Waals surface area contributed by atoms with Crippen LogP contribution < -0.4 is 17.0 Å². The van der Waals surface area contributed by atoms with Gasteiger partial charge < -0.3 is 5.73 Å². The van der Waals surface area contributed by atoms with Gasteiger partial charge >= 0.3 is 0 Å². The third kappa shape index (κ3) is 2.54. The molecule has 0 aliphatic heterocycles. The molecule has 78 valence electrons. The summed E-state index contributed by atoms with van der Waals surface area (Å²) in [5.41, 5.74) is 10.7. The van der Waals surface area contributed by atoms with E-state index in [1.54, 1.807) is 0 Å². The maximum absolute atomic E-state index is 5.72. The Bertz CT molecular complexity index is 284. The molecule has 3 nitrogen and oxygen atoms in total. The van der Waals surface area contributed by atoms with Crippen molar-refractivity contribution < 1.29 is 0 Å². The van der Waals surface area contributed by atoms with Crippen LogP contribution in [0.3, 0.4) is 0 Å². The average molecular weight is 193 g/mol. The Kier molecular flexibility index (Phi) is 3.26. The molecule has 14 heavy (non-hydrogen) atoms. The minimum atomic E-state index is -0.288. The minimum Gasteiger partial charge on any atom is -0.311 e. The van der Waals surface area contributed by atoms with Crippen LogP contribution in [0.2, 0.25) is 0 Å². The zero-order valence-electron chi connectivity index (χ0n) is 9.04. The lowest BCUT2D eigenvalue weighted by molar-refractivity contribution is 0.571. The van der Waals surface area contributed by atoms with Crippen LogP contribution in [-0.2, 0) is 5.41 Å². The van der Waals surface area contributed by atoms with Crippen LogP contribution in [0.25, 0.3) is 0 Å². The van der Waals surface area contributed by atoms with Gasteiger partial charge in [0, 0.05) is 0 Å². The van der Waals surface area contributed by atoms with Crippen molar-refractivity contribution in [3.8, 4) is 0 Å². The third-order valence-corrected chi connectivity index (χ3v) is 2.32. The number of hydrogen-bond acceptors (Lipinski definition) is 3. The summed E-state index contributed by atoms with van der Waals surface area (Å²) in [6.07, 6.45) is -0.288. The molecule has 0 aromatic heterocycles. The average Bonchev–Trinajstić information content (AvgIpc) is 2.15. The number of hydrazine groups is 1. The lowest BCUT2D eigenvalue weighted by Crippen LogP contribution is -2.34. The van der Waals surface area contributed by atoms with Crippen molar-refractivity contribution in [1.29, 1.82) is 0 Å². The van der Waals surface area contributed by atoms with Crippen molar-refractivity contribution in [2.75, 3.05) is 0 Å². The van der Waals surface area contributed by atoms with Gasteiger partial charge in [-0.25, -0.2) is 5.43 Å². The first-order valence-corrected chi connectivity index (χ1v) is 4.77. The Balaban J connectivity index is 2.89. The topological polar surface area (TPSA) is 64.1 Å². The smallest absolute Gasteiger partial charge is 0.0935 e. The number of benzene rings is 1. The van der Waals surface area contributed by atoms with Crippen molar-refractivity contribution in [1.82, 2.24) is 5.43 Å². The second-order valence-corrected chi connectivity index (χ2v) is 4.52. The van der Waals surface area contributed by atoms with E-state index in [-0.39, 0.29) is 11.6 Å². The molecule has 0 fully saturated rings. The second kappa shape index (κ2) is 4.09. The highest BCUT2D eigenvalue weighted by Gasteiger charge is 2.13. The van der Waals surface area contributed by atoms with Gasteiger partial charge in [0.25, 0.3) is 0 Å². The summed E-state index contributed by atoms with van der Waals surface area (Å²) in [7, 11) is 0. The molecule has 0 spiro atoms. The zero-order valence-corrected chi connectivity index (χ0v) is 9.04. The van der Waals surface area contributed by atoms with E-state index in [4.69, 9.17) is 11.6 Å². The highest BCUT2D eigenvalue weighted by atomic mass is 15.3. The van der Waals surface area contributed by atoms with Crippen LogP contribution in [0.15, 0.2) is 24.3 Å². The van der Waals surface area contributed by atoms with Gasteiger partial charge in [-0.15, -0.1) is 0 Å². The first-order chi connectivity index (χ1) is 6.45. The maximum Gasteiger partial charge on any atom is 0.0935 e. The standard InChI is InChI=1S/C11H19N3/c1-11(2,3)9-6-4-8(5-7-9)10(12)14-13/h4-7,10,14H,12-13H2,1-3H3. The fourth-order valence-corrected chi connectivity index (χ4v) is 1.29. The van der Waals surface area contributed by atoms with E-state index in [9.17, 15) is 0 Å². The molecule has 1 atom stereocenters. The Morgan fingerprint density at radius 1 is 1.14 bits per heavy atom. The van der Waals surface area contributed by atoms with Gasteiger partial charge in [0.2, 0.25) is 0 Å². The Morgan fingerprint density at radius 3 is 2.00 bits per heavy atom. The van der Waals surface area contributed by atoms with E-state index in [1.807, 2.05) is 12.1 Å². The van der Waals surface area contributed by atoms with Crippen molar-refractivity contribution in [3.05, 3.63) is 35.4 Å². The summed E-state index contributed by atoms with van der Waals surface area (Å²) in [6, 6.07) is 8.19. The van der Waals surface area contributed by atoms with Crippen LogP contribution in [-0.4, -0.2) is 0 Å². The Labute approximate surface area is 85.5 Å². The van der Waals surface area contributed by atoms with Gasteiger partial charge in [-0.3, -0.25) is 5.84 Å². The first-order valence-electron chi connectivity index (χ1n) is 4.77. The van der Waals surface area contributed by atoms with E-state index in [0.717, 1.165) is 5.56 Å². The number of nitrogens with one attached hydrogen (secondary N) is 1. The number of rotatable bonds is 2. The molecule has 5 N–H and O–H groups in total. The fourth-order valence-electron chi connectivity index (χ4n) is 1.29. The molecule has 1 rings (SSSR count). The predicted octanol–water partition coefficient (Wildman–Crippen LogP) is 1.40. The molecule has 3 heteroatoms. The van der Waals surface area contributed by atoms with Crippen molar-refractivity contribution in [3.63, 3.8) is 0 Å². The third-order valence-electron chi connectivity index (χ3n) is 2.32. The zero-order chi connectivity index (χ0) is 10.8. The van der Waals surface area contributed by atoms with Gasteiger partial charge in [-0.2, -0.15) is 0 Å². The molecule has 0 radical (unpaired) electrons. The SMILES string of the molecule is CC(C)(C)c1ccc(C(N)NN)cc1. The molecular weight excluding hydrogens is 174 g/mol. The number of hydrogen-bond donors (Lipinski definition) is 3. The van der Waals surface area contributed by atoms with Crippen LogP contribution >= 0.6 is 0 Å². The van der Waals surface area contributed by atoms with Crippen molar-refractivity contribution >= 4 is 0 Å². The van der Waals surface area contributed by atoms with Crippen LogP contribution in [0.5, 0.6) is 0 Å². The molecule has 0 aliphatic rings. The van der Waals surface area contributed by atoms with E-state index in [1.165, 1.54) is 5.56 Å². The van der Waals surface area contributed by atoms with Gasteiger partial charge in [0.1, 0.15) is 0 Å².